The first-order valence-electron chi connectivity index (χ1n) is 10.7. The lowest BCUT2D eigenvalue weighted by atomic mass is 10.1. The Bertz CT molecular complexity index is 1750. The number of sulfone groups is 1. The van der Waals surface area contributed by atoms with Crippen LogP contribution in [-0.2, 0) is 40.1 Å². The maximum Gasteiger partial charge on any atom is 0.241 e. The molecule has 37 heavy (non-hydrogen) atoms. The number of hydrogen-bond acceptors (Lipinski definition) is 10. The molecule has 0 radical (unpaired) electrons. The van der Waals surface area contributed by atoms with E-state index >= 15 is 0 Å². The molecule has 1 unspecified atom stereocenters. The van der Waals surface area contributed by atoms with Gasteiger partial charge in [-0.25, -0.2) is 30.9 Å². The quantitative estimate of drug-likeness (QED) is 0.258. The Morgan fingerprint density at radius 2 is 1.97 bits per heavy atom. The molecule has 2 aromatic carbocycles. The number of thiazole rings is 1. The second-order valence-electron chi connectivity index (χ2n) is 8.05. The van der Waals surface area contributed by atoms with Crippen molar-refractivity contribution in [1.29, 1.82) is 0 Å². The molecular formula is C22H19FN6O5S3. The van der Waals surface area contributed by atoms with Gasteiger partial charge in [0.2, 0.25) is 22.7 Å². The Kier molecular flexibility index (Phi) is 6.85. The minimum Gasteiger partial charge on any atom is -0.422 e. The van der Waals surface area contributed by atoms with E-state index < -0.39 is 31.8 Å². The first-order valence-corrected chi connectivity index (χ1v) is 14.5. The Balaban J connectivity index is 1.59. The van der Waals surface area contributed by atoms with Crippen LogP contribution in [0.1, 0.15) is 27.6 Å². The summed E-state index contributed by atoms with van der Waals surface area (Å²) < 4.78 is 73.7. The number of nitrogens with one attached hydrogen (secondary N) is 1. The molecule has 0 bridgehead atoms. The molecule has 3 heterocycles. The number of benzene rings is 2. The lowest BCUT2D eigenvalue weighted by Crippen LogP contribution is -2.17. The molecule has 0 saturated carbocycles. The normalized spacial score (nSPS) is 12.9. The summed E-state index contributed by atoms with van der Waals surface area (Å²) in [5, 5.41) is 10.4. The number of fused-ring (bicyclic) bond motifs is 1. The lowest BCUT2D eigenvalue weighted by molar-refractivity contribution is 0.444. The Hall–Kier alpha value is -3.53. The number of aromatic nitrogens is 5. The van der Waals surface area contributed by atoms with Crippen LogP contribution in [0.5, 0.6) is 0 Å². The van der Waals surface area contributed by atoms with E-state index in [4.69, 9.17) is 4.42 Å². The van der Waals surface area contributed by atoms with Crippen LogP contribution in [0.2, 0.25) is 0 Å². The number of hydrogen-bond donors (Lipinski definition) is 2. The van der Waals surface area contributed by atoms with Crippen LogP contribution in [-0.4, -0.2) is 41.8 Å². The summed E-state index contributed by atoms with van der Waals surface area (Å²) in [6.45, 7) is -0.295. The molecular weight excluding hydrogens is 543 g/mol. The Labute approximate surface area is 216 Å². The molecule has 0 saturated heterocycles. The van der Waals surface area contributed by atoms with E-state index in [0.717, 1.165) is 11.3 Å². The van der Waals surface area contributed by atoms with Gasteiger partial charge in [0.1, 0.15) is 10.8 Å². The molecule has 3 aromatic heterocycles. The van der Waals surface area contributed by atoms with Gasteiger partial charge in [-0.2, -0.15) is 5.10 Å². The first-order chi connectivity index (χ1) is 17.7. The van der Waals surface area contributed by atoms with Crippen molar-refractivity contribution in [2.75, 3.05) is 0 Å². The topological polar surface area (TPSA) is 150 Å². The standard InChI is InChI=1S/C22H19FN6O5S3/c1-29-11-14(9-24-29)15-7-18-17(8-16(15)23)26-22(35-18)20(21-28-27-19(34-21)10-25-36(30)31)37(32,33)12-13-5-3-2-4-6-13/h2-9,11,20,36H,10,12H2,1H3,(H,25,30,31). The van der Waals surface area contributed by atoms with E-state index in [1.165, 1.54) is 12.3 Å². The number of aryl methyl sites for hydroxylation is 1. The van der Waals surface area contributed by atoms with Gasteiger partial charge in [0.25, 0.3) is 0 Å². The van der Waals surface area contributed by atoms with Crippen molar-refractivity contribution in [3.63, 3.8) is 0 Å². The van der Waals surface area contributed by atoms with E-state index in [0.29, 0.717) is 21.4 Å². The summed E-state index contributed by atoms with van der Waals surface area (Å²) in [6.07, 6.45) is 3.20. The van der Waals surface area contributed by atoms with Crippen LogP contribution >= 0.6 is 11.3 Å². The highest BCUT2D eigenvalue weighted by molar-refractivity contribution is 7.91. The zero-order valence-electron chi connectivity index (χ0n) is 19.1. The SMILES string of the molecule is Cn1cc(-c2cc3sc(C(c4nnc(CN[SH](=O)=O)o4)S(=O)(=O)Cc4ccccc4)nc3cc2F)cn1. The molecule has 0 aliphatic rings. The van der Waals surface area contributed by atoms with Gasteiger partial charge in [0.05, 0.1) is 28.7 Å². The van der Waals surface area contributed by atoms with Crippen LogP contribution in [0.4, 0.5) is 4.39 Å². The minimum atomic E-state index is -4.01. The molecule has 0 fully saturated rings. The zero-order chi connectivity index (χ0) is 26.2. The van der Waals surface area contributed by atoms with Gasteiger partial charge in [-0.1, -0.05) is 30.3 Å². The van der Waals surface area contributed by atoms with Gasteiger partial charge in [-0.3, -0.25) is 4.68 Å². The van der Waals surface area contributed by atoms with E-state index in [1.807, 2.05) is 0 Å². The summed E-state index contributed by atoms with van der Waals surface area (Å²) in [5.41, 5.74) is 1.69. The molecule has 5 aromatic rings. The maximum atomic E-state index is 14.9. The van der Waals surface area contributed by atoms with Crippen molar-refractivity contribution in [3.8, 4) is 11.1 Å². The average molecular weight is 563 g/mol. The molecule has 1 atom stereocenters. The van der Waals surface area contributed by atoms with Crippen LogP contribution in [0, 0.1) is 5.82 Å². The number of rotatable bonds is 9. The van der Waals surface area contributed by atoms with Gasteiger partial charge in [-0.05, 0) is 11.6 Å². The highest BCUT2D eigenvalue weighted by atomic mass is 32.2. The average Bonchev–Trinajstić information content (AvgIpc) is 3.57. The van der Waals surface area contributed by atoms with Crippen molar-refractivity contribution in [2.24, 2.45) is 7.05 Å². The number of halogens is 1. The molecule has 0 aliphatic carbocycles. The van der Waals surface area contributed by atoms with Gasteiger partial charge >= 0.3 is 0 Å². The Morgan fingerprint density at radius 1 is 1.19 bits per heavy atom. The summed E-state index contributed by atoms with van der Waals surface area (Å²) in [7, 11) is -5.21. The van der Waals surface area contributed by atoms with Gasteiger partial charge in [-0.15, -0.1) is 21.5 Å². The van der Waals surface area contributed by atoms with Gasteiger partial charge < -0.3 is 4.42 Å². The third kappa shape index (κ3) is 5.44. The van der Waals surface area contributed by atoms with E-state index in [-0.39, 0.29) is 34.6 Å². The Morgan fingerprint density at radius 3 is 2.68 bits per heavy atom. The first kappa shape index (κ1) is 25.1. The monoisotopic (exact) mass is 562 g/mol. The molecule has 192 valence electrons. The summed E-state index contributed by atoms with van der Waals surface area (Å²) >= 11 is 1.07. The fourth-order valence-electron chi connectivity index (χ4n) is 3.74. The van der Waals surface area contributed by atoms with Crippen LogP contribution in [0.3, 0.4) is 0 Å². The van der Waals surface area contributed by atoms with Crippen LogP contribution in [0.15, 0.2) is 59.3 Å². The summed E-state index contributed by atoms with van der Waals surface area (Å²) in [5.74, 6) is -1.24. The second-order valence-corrected chi connectivity index (χ2v) is 12.0. The van der Waals surface area contributed by atoms with Gasteiger partial charge in [0.15, 0.2) is 15.1 Å². The molecule has 15 heteroatoms. The molecule has 5 rings (SSSR count). The summed E-state index contributed by atoms with van der Waals surface area (Å²) in [6, 6.07) is 11.4. The van der Waals surface area contributed by atoms with E-state index in [1.54, 1.807) is 54.3 Å². The zero-order valence-corrected chi connectivity index (χ0v) is 21.6. The highest BCUT2D eigenvalue weighted by Crippen LogP contribution is 2.38. The second kappa shape index (κ2) is 10.1. The van der Waals surface area contributed by atoms with Crippen LogP contribution in [0.25, 0.3) is 21.3 Å². The van der Waals surface area contributed by atoms with Crippen molar-refractivity contribution in [1.82, 2.24) is 29.7 Å². The van der Waals surface area contributed by atoms with Crippen molar-refractivity contribution >= 4 is 42.3 Å². The van der Waals surface area contributed by atoms with E-state index in [2.05, 4.69) is 25.0 Å². The van der Waals surface area contributed by atoms with Crippen LogP contribution < -0.4 is 4.72 Å². The number of nitrogens with zero attached hydrogens (tertiary/aromatic N) is 5. The van der Waals surface area contributed by atoms with Gasteiger partial charge in [0, 0.05) is 30.4 Å². The lowest BCUT2D eigenvalue weighted by Gasteiger charge is -2.12. The molecule has 1 N–H and O–H groups in total. The van der Waals surface area contributed by atoms with Crippen molar-refractivity contribution in [2.45, 2.75) is 17.5 Å². The van der Waals surface area contributed by atoms with Crippen molar-refractivity contribution in [3.05, 3.63) is 83.0 Å². The summed E-state index contributed by atoms with van der Waals surface area (Å²) in [4.78, 5) is 4.42. The predicted molar refractivity (Wildman–Crippen MR) is 134 cm³/mol. The fourth-order valence-corrected chi connectivity index (χ4v) is 7.14. The predicted octanol–water partition coefficient (Wildman–Crippen LogP) is 2.54. The van der Waals surface area contributed by atoms with Crippen molar-refractivity contribution < 1.29 is 25.6 Å². The largest absolute Gasteiger partial charge is 0.422 e. The molecule has 0 amide bonds. The molecule has 0 aliphatic heterocycles. The fraction of sp³-hybridized carbons (Fsp3) is 0.182. The van der Waals surface area contributed by atoms with E-state index in [9.17, 15) is 21.2 Å². The smallest absolute Gasteiger partial charge is 0.241 e. The third-order valence-electron chi connectivity index (χ3n) is 5.37. The third-order valence-corrected chi connectivity index (χ3v) is 8.90. The highest BCUT2D eigenvalue weighted by Gasteiger charge is 2.37. The molecule has 0 spiro atoms. The number of thiol groups is 1. The maximum absolute atomic E-state index is 14.9. The molecule has 11 nitrogen and oxygen atoms in total. The minimum absolute atomic E-state index is 0.111.